The van der Waals surface area contributed by atoms with Gasteiger partial charge in [0.25, 0.3) is 5.91 Å². The molecule has 2 aromatic carbocycles. The van der Waals surface area contributed by atoms with Crippen molar-refractivity contribution < 1.29 is 38.5 Å². The number of likely N-dealkylation sites (tertiary alicyclic amines) is 1. The second-order valence-electron chi connectivity index (χ2n) is 13.1. The van der Waals surface area contributed by atoms with Crippen LogP contribution in [0.2, 0.25) is 5.02 Å². The van der Waals surface area contributed by atoms with Gasteiger partial charge in [0.05, 0.1) is 41.3 Å². The molecule has 3 saturated heterocycles. The normalized spacial score (nSPS) is 25.9. The van der Waals surface area contributed by atoms with Gasteiger partial charge in [-0.25, -0.2) is 0 Å². The van der Waals surface area contributed by atoms with Crippen LogP contribution in [0.3, 0.4) is 0 Å². The summed E-state index contributed by atoms with van der Waals surface area (Å²) in [6.07, 6.45) is 2.63. The molecule has 3 amide bonds. The van der Waals surface area contributed by atoms with E-state index >= 15 is 0 Å². The number of esters is 1. The van der Waals surface area contributed by atoms with Crippen molar-refractivity contribution in [2.75, 3.05) is 38.3 Å². The van der Waals surface area contributed by atoms with E-state index in [1.807, 2.05) is 19.1 Å². The minimum Gasteiger partial charge on any atom is -0.455 e. The Morgan fingerprint density at radius 1 is 1.20 bits per heavy atom. The second kappa shape index (κ2) is 16.9. The van der Waals surface area contributed by atoms with Gasteiger partial charge in [0.1, 0.15) is 17.7 Å². The first kappa shape index (κ1) is 38.7. The molecule has 1 spiro atoms. The number of fused-ring (bicyclic) bond motifs is 1. The minimum atomic E-state index is -1.38. The predicted molar refractivity (Wildman–Crippen MR) is 196 cm³/mol. The number of para-hydroxylation sites is 1. The quantitative estimate of drug-likeness (QED) is 0.134. The molecular formula is C38H45BrClN3O8. The van der Waals surface area contributed by atoms with Gasteiger partial charge >= 0.3 is 5.97 Å². The van der Waals surface area contributed by atoms with E-state index in [-0.39, 0.29) is 56.3 Å². The van der Waals surface area contributed by atoms with Crippen LogP contribution in [0, 0.1) is 18.8 Å². The van der Waals surface area contributed by atoms with Crippen LogP contribution in [0.1, 0.15) is 42.9 Å². The second-order valence-corrected chi connectivity index (χ2v) is 14.7. The maximum atomic E-state index is 14.9. The van der Waals surface area contributed by atoms with Gasteiger partial charge in [0, 0.05) is 38.1 Å². The number of carbonyl (C=O) groups excluding carboxylic acids is 4. The number of halogens is 2. The van der Waals surface area contributed by atoms with Crippen molar-refractivity contribution in [3.05, 3.63) is 90.0 Å². The fourth-order valence-corrected chi connectivity index (χ4v) is 9.08. The highest BCUT2D eigenvalue weighted by Crippen LogP contribution is 2.60. The number of aliphatic hydroxyl groups excluding tert-OH is 1. The molecule has 51 heavy (non-hydrogen) atoms. The average molecular weight is 787 g/mol. The number of carbonyl (C=O) groups is 4. The Bertz CT molecular complexity index is 1610. The number of ether oxygens (including phenoxy) is 3. The van der Waals surface area contributed by atoms with Crippen LogP contribution in [-0.2, 0) is 33.4 Å². The number of benzene rings is 2. The number of aryl methyl sites for hydroxylation is 1. The lowest BCUT2D eigenvalue weighted by molar-refractivity contribution is -0.163. The third kappa shape index (κ3) is 7.52. The summed E-state index contributed by atoms with van der Waals surface area (Å²) in [5.41, 5.74) is 0.482. The van der Waals surface area contributed by atoms with E-state index in [0.29, 0.717) is 22.7 Å². The molecular weight excluding hydrogens is 742 g/mol. The number of nitrogens with one attached hydrogen (secondary N) is 1. The summed E-state index contributed by atoms with van der Waals surface area (Å²) >= 11 is 10.4. The topological polar surface area (TPSA) is 135 Å². The smallest absolute Gasteiger partial charge is 0.313 e. The highest BCUT2D eigenvalue weighted by atomic mass is 79.9. The zero-order valence-electron chi connectivity index (χ0n) is 28.8. The van der Waals surface area contributed by atoms with E-state index in [2.05, 4.69) is 34.4 Å². The summed E-state index contributed by atoms with van der Waals surface area (Å²) in [7, 11) is 1.49. The molecule has 8 atom stereocenters. The van der Waals surface area contributed by atoms with E-state index in [1.54, 1.807) is 48.6 Å². The van der Waals surface area contributed by atoms with Crippen LogP contribution in [-0.4, -0.2) is 95.7 Å². The number of hydrogen-bond acceptors (Lipinski definition) is 8. The molecule has 2 N–H and O–H groups in total. The van der Waals surface area contributed by atoms with Crippen LogP contribution >= 0.6 is 27.5 Å². The molecule has 3 fully saturated rings. The van der Waals surface area contributed by atoms with Crippen molar-refractivity contribution in [1.29, 1.82) is 0 Å². The van der Waals surface area contributed by atoms with Crippen LogP contribution in [0.25, 0.3) is 0 Å². The number of aliphatic hydroxyl groups is 1. The lowest BCUT2D eigenvalue weighted by atomic mass is 9.70. The standard InChI is InChI=1S/C38H45BrClN3O8/c1-5-7-17-28(45)41-27(22-49-4)32(24-14-9-8-10-15-24)50-37(48)29-30-35(46)43(19-12-20-44)34(38(30)21-25(39)33(29)51-38)36(47)42(18-6-2)31-23(3)13-11-16-26(31)40/h5-6,8-11,13-16,25,27,29-30,32-34,44H,1-2,7,12,17-22H2,3-4H3,(H,41,45)/t25?,27-,29-,30+,32-,33-,34-,38+/m1/s1. The summed E-state index contributed by atoms with van der Waals surface area (Å²) < 4.78 is 18.5. The zero-order chi connectivity index (χ0) is 36.9. The molecule has 5 rings (SSSR count). The van der Waals surface area contributed by atoms with Gasteiger partial charge in [-0.15, -0.1) is 13.2 Å². The summed E-state index contributed by atoms with van der Waals surface area (Å²) in [5.74, 6) is -3.94. The van der Waals surface area contributed by atoms with E-state index in [0.717, 1.165) is 5.56 Å². The number of amides is 3. The molecule has 13 heteroatoms. The molecule has 1 unspecified atom stereocenters. The fourth-order valence-electron chi connectivity index (χ4n) is 7.82. The molecule has 3 heterocycles. The molecule has 0 aliphatic carbocycles. The van der Waals surface area contributed by atoms with Gasteiger partial charge in [-0.05, 0) is 43.4 Å². The Balaban J connectivity index is 1.53. The number of alkyl halides is 1. The van der Waals surface area contributed by atoms with Gasteiger partial charge in [-0.2, -0.15) is 0 Å². The molecule has 274 valence electrons. The number of allylic oxidation sites excluding steroid dienone is 1. The number of methoxy groups -OCH3 is 1. The lowest BCUT2D eigenvalue weighted by Gasteiger charge is -2.37. The predicted octanol–water partition coefficient (Wildman–Crippen LogP) is 4.68. The maximum absolute atomic E-state index is 14.9. The monoisotopic (exact) mass is 785 g/mol. The van der Waals surface area contributed by atoms with Crippen LogP contribution in [0.5, 0.6) is 0 Å². The molecule has 0 radical (unpaired) electrons. The van der Waals surface area contributed by atoms with E-state index in [1.165, 1.54) is 16.9 Å². The first-order chi connectivity index (χ1) is 24.5. The molecule has 3 aliphatic rings. The van der Waals surface area contributed by atoms with Gasteiger partial charge in [0.15, 0.2) is 0 Å². The molecule has 2 aromatic rings. The van der Waals surface area contributed by atoms with Crippen molar-refractivity contribution in [3.8, 4) is 0 Å². The highest BCUT2D eigenvalue weighted by molar-refractivity contribution is 9.09. The largest absolute Gasteiger partial charge is 0.455 e. The highest BCUT2D eigenvalue weighted by Gasteiger charge is 2.77. The van der Waals surface area contributed by atoms with Crippen molar-refractivity contribution in [1.82, 2.24) is 10.2 Å². The number of hydrogen-bond donors (Lipinski definition) is 2. The maximum Gasteiger partial charge on any atom is 0.313 e. The SMILES string of the molecule is C=CCCC(=O)N[C@H](COC)[C@H](OC(=O)[C@H]1[C@@H]2O[C@@]3(CC2Br)[C@@H]1C(=O)N(CCCO)[C@@H]3C(=O)N(CC=C)c1c(C)cccc1Cl)c1ccccc1. The first-order valence-electron chi connectivity index (χ1n) is 17.1. The Hall–Kier alpha value is -3.55. The van der Waals surface area contributed by atoms with Crippen molar-refractivity contribution in [3.63, 3.8) is 0 Å². The van der Waals surface area contributed by atoms with Crippen molar-refractivity contribution in [2.45, 2.75) is 67.3 Å². The van der Waals surface area contributed by atoms with Crippen LogP contribution < -0.4 is 10.2 Å². The Morgan fingerprint density at radius 2 is 1.94 bits per heavy atom. The Kier molecular flexibility index (Phi) is 12.8. The Morgan fingerprint density at radius 3 is 2.59 bits per heavy atom. The molecule has 0 aromatic heterocycles. The van der Waals surface area contributed by atoms with E-state index in [9.17, 15) is 24.3 Å². The zero-order valence-corrected chi connectivity index (χ0v) is 31.2. The van der Waals surface area contributed by atoms with Crippen LogP contribution in [0.4, 0.5) is 5.69 Å². The molecule has 0 saturated carbocycles. The summed E-state index contributed by atoms with van der Waals surface area (Å²) in [4.78, 5) is 59.4. The average Bonchev–Trinajstić information content (AvgIpc) is 3.71. The van der Waals surface area contributed by atoms with Gasteiger partial charge in [-0.1, -0.05) is 82.1 Å². The summed E-state index contributed by atoms with van der Waals surface area (Å²) in [5, 5.41) is 13.1. The molecule has 11 nitrogen and oxygen atoms in total. The summed E-state index contributed by atoms with van der Waals surface area (Å²) in [6, 6.07) is 12.5. The number of nitrogens with zero attached hydrogens (tertiary/aromatic N) is 2. The Labute approximate surface area is 312 Å². The fraction of sp³-hybridized carbons (Fsp3) is 0.474. The minimum absolute atomic E-state index is 0.0384. The third-order valence-electron chi connectivity index (χ3n) is 9.89. The van der Waals surface area contributed by atoms with Crippen molar-refractivity contribution in [2.24, 2.45) is 11.8 Å². The molecule has 3 aliphatic heterocycles. The first-order valence-corrected chi connectivity index (χ1v) is 18.4. The van der Waals surface area contributed by atoms with Gasteiger partial charge in [-0.3, -0.25) is 19.2 Å². The van der Waals surface area contributed by atoms with Crippen LogP contribution in [0.15, 0.2) is 73.8 Å². The lowest BCUT2D eigenvalue weighted by Crippen LogP contribution is -2.57. The van der Waals surface area contributed by atoms with Gasteiger partial charge < -0.3 is 34.4 Å². The van der Waals surface area contributed by atoms with E-state index in [4.69, 9.17) is 25.8 Å². The van der Waals surface area contributed by atoms with Gasteiger partial charge in [0.2, 0.25) is 11.8 Å². The summed E-state index contributed by atoms with van der Waals surface area (Å²) in [6.45, 7) is 9.38. The van der Waals surface area contributed by atoms with Crippen molar-refractivity contribution >= 4 is 56.9 Å². The molecule has 2 bridgehead atoms. The third-order valence-corrected chi connectivity index (χ3v) is 11.0. The van der Waals surface area contributed by atoms with E-state index < -0.39 is 59.5 Å². The number of anilines is 1. The number of rotatable bonds is 17.